The van der Waals surface area contributed by atoms with Gasteiger partial charge < -0.3 is 15.4 Å². The third-order valence-electron chi connectivity index (χ3n) is 3.25. The molecule has 4 heteroatoms. The van der Waals surface area contributed by atoms with Crippen LogP contribution in [0.4, 0.5) is 5.69 Å². The zero-order chi connectivity index (χ0) is 13.0. The van der Waals surface area contributed by atoms with E-state index in [9.17, 15) is 4.79 Å². The van der Waals surface area contributed by atoms with Crippen molar-refractivity contribution < 1.29 is 9.53 Å². The maximum atomic E-state index is 12.0. The van der Waals surface area contributed by atoms with Crippen LogP contribution in [0.1, 0.15) is 19.8 Å². The first-order valence-electron chi connectivity index (χ1n) is 6.41. The van der Waals surface area contributed by atoms with Crippen molar-refractivity contribution in [3.63, 3.8) is 0 Å². The summed E-state index contributed by atoms with van der Waals surface area (Å²) in [6.45, 7) is 4.00. The number of nitrogen functional groups attached to an aromatic ring is 1. The Kier molecular flexibility index (Phi) is 4.07. The van der Waals surface area contributed by atoms with Crippen LogP contribution in [0.3, 0.4) is 0 Å². The van der Waals surface area contributed by atoms with E-state index in [1.807, 2.05) is 4.90 Å². The molecule has 2 rings (SSSR count). The first-order chi connectivity index (χ1) is 8.65. The number of piperidine rings is 1. The van der Waals surface area contributed by atoms with Crippen LogP contribution in [0, 0.1) is 5.92 Å². The highest BCUT2D eigenvalue weighted by molar-refractivity contribution is 5.77. The Morgan fingerprint density at radius 3 is 2.83 bits per heavy atom. The zero-order valence-electron chi connectivity index (χ0n) is 10.8. The van der Waals surface area contributed by atoms with E-state index >= 15 is 0 Å². The van der Waals surface area contributed by atoms with Gasteiger partial charge >= 0.3 is 0 Å². The topological polar surface area (TPSA) is 55.6 Å². The lowest BCUT2D eigenvalue weighted by Crippen LogP contribution is -2.41. The number of ether oxygens (including phenoxy) is 1. The Morgan fingerprint density at radius 1 is 1.44 bits per heavy atom. The summed E-state index contributed by atoms with van der Waals surface area (Å²) in [6.07, 6.45) is 2.30. The van der Waals surface area contributed by atoms with Crippen molar-refractivity contribution in [3.05, 3.63) is 24.3 Å². The van der Waals surface area contributed by atoms with Gasteiger partial charge in [-0.15, -0.1) is 0 Å². The van der Waals surface area contributed by atoms with E-state index in [4.69, 9.17) is 10.5 Å². The van der Waals surface area contributed by atoms with Gasteiger partial charge in [-0.3, -0.25) is 4.79 Å². The Labute approximate surface area is 108 Å². The largest absolute Gasteiger partial charge is 0.484 e. The fourth-order valence-corrected chi connectivity index (χ4v) is 2.22. The molecule has 1 saturated heterocycles. The molecular formula is C14H20N2O2. The second kappa shape index (κ2) is 5.76. The molecule has 1 aliphatic rings. The molecule has 0 spiro atoms. The van der Waals surface area contributed by atoms with Crippen molar-refractivity contribution in [2.24, 2.45) is 5.92 Å². The summed E-state index contributed by atoms with van der Waals surface area (Å²) in [5, 5.41) is 0. The number of likely N-dealkylation sites (tertiary alicyclic amines) is 1. The van der Waals surface area contributed by atoms with Crippen molar-refractivity contribution in [1.29, 1.82) is 0 Å². The summed E-state index contributed by atoms with van der Waals surface area (Å²) in [5.41, 5.74) is 6.28. The number of carbonyl (C=O) groups is 1. The summed E-state index contributed by atoms with van der Waals surface area (Å²) >= 11 is 0. The number of amides is 1. The lowest BCUT2D eigenvalue weighted by Gasteiger charge is -2.30. The lowest BCUT2D eigenvalue weighted by atomic mass is 10.0. The molecule has 0 radical (unpaired) electrons. The number of hydrogen-bond donors (Lipinski definition) is 1. The van der Waals surface area contributed by atoms with Crippen molar-refractivity contribution >= 4 is 11.6 Å². The van der Waals surface area contributed by atoms with Crippen LogP contribution in [0.25, 0.3) is 0 Å². The number of rotatable bonds is 3. The summed E-state index contributed by atoms with van der Waals surface area (Å²) in [7, 11) is 0. The highest BCUT2D eigenvalue weighted by Crippen LogP contribution is 2.16. The first-order valence-corrected chi connectivity index (χ1v) is 6.41. The van der Waals surface area contributed by atoms with Gasteiger partial charge in [-0.2, -0.15) is 0 Å². The zero-order valence-corrected chi connectivity index (χ0v) is 10.8. The molecule has 1 fully saturated rings. The van der Waals surface area contributed by atoms with E-state index in [1.54, 1.807) is 24.3 Å². The molecule has 0 aliphatic carbocycles. The van der Waals surface area contributed by atoms with Gasteiger partial charge in [-0.05, 0) is 43.0 Å². The van der Waals surface area contributed by atoms with Gasteiger partial charge in [-0.25, -0.2) is 0 Å². The third-order valence-corrected chi connectivity index (χ3v) is 3.25. The highest BCUT2D eigenvalue weighted by atomic mass is 16.5. The molecule has 1 amide bonds. The van der Waals surface area contributed by atoms with Crippen molar-refractivity contribution in [2.75, 3.05) is 25.4 Å². The molecule has 0 bridgehead atoms. The van der Waals surface area contributed by atoms with Crippen LogP contribution in [0.2, 0.25) is 0 Å². The Bertz CT molecular complexity index is 403. The van der Waals surface area contributed by atoms with Gasteiger partial charge in [0.25, 0.3) is 5.91 Å². The first kappa shape index (κ1) is 12.7. The smallest absolute Gasteiger partial charge is 0.260 e. The summed E-state index contributed by atoms with van der Waals surface area (Å²) < 4.78 is 5.46. The summed E-state index contributed by atoms with van der Waals surface area (Å²) in [6, 6.07) is 7.09. The van der Waals surface area contributed by atoms with Crippen molar-refractivity contribution in [3.8, 4) is 5.75 Å². The van der Waals surface area contributed by atoms with E-state index in [1.165, 1.54) is 6.42 Å². The van der Waals surface area contributed by atoms with E-state index in [-0.39, 0.29) is 12.5 Å². The number of nitrogens with two attached hydrogens (primary N) is 1. The van der Waals surface area contributed by atoms with Gasteiger partial charge in [-0.1, -0.05) is 6.92 Å². The maximum Gasteiger partial charge on any atom is 0.260 e. The normalized spacial score (nSPS) is 19.6. The molecule has 4 nitrogen and oxygen atoms in total. The van der Waals surface area contributed by atoms with E-state index in [2.05, 4.69) is 6.92 Å². The third kappa shape index (κ3) is 3.39. The summed E-state index contributed by atoms with van der Waals surface area (Å²) in [5.74, 6) is 1.35. The molecule has 1 aliphatic heterocycles. The van der Waals surface area contributed by atoms with Crippen LogP contribution in [-0.2, 0) is 4.79 Å². The van der Waals surface area contributed by atoms with Crippen LogP contribution in [0.5, 0.6) is 5.75 Å². The predicted octanol–water partition coefficient (Wildman–Crippen LogP) is 1.91. The van der Waals surface area contributed by atoms with Crippen LogP contribution in [0.15, 0.2) is 24.3 Å². The average molecular weight is 248 g/mol. The maximum absolute atomic E-state index is 12.0. The molecule has 98 valence electrons. The van der Waals surface area contributed by atoms with Gasteiger partial charge in [0, 0.05) is 18.8 Å². The summed E-state index contributed by atoms with van der Waals surface area (Å²) in [4.78, 5) is 13.9. The standard InChI is InChI=1S/C14H20N2O2/c1-11-3-2-8-16(9-11)14(17)10-18-13-6-4-12(15)5-7-13/h4-7,11H,2-3,8-10,15H2,1H3/t11-/m1/s1. The second-order valence-corrected chi connectivity index (χ2v) is 4.94. The molecule has 0 unspecified atom stereocenters. The fraction of sp³-hybridized carbons (Fsp3) is 0.500. The number of nitrogens with zero attached hydrogens (tertiary/aromatic N) is 1. The van der Waals surface area contributed by atoms with E-state index in [0.717, 1.165) is 19.5 Å². The molecule has 1 heterocycles. The van der Waals surface area contributed by atoms with E-state index < -0.39 is 0 Å². The molecule has 2 N–H and O–H groups in total. The van der Waals surface area contributed by atoms with Crippen molar-refractivity contribution in [2.45, 2.75) is 19.8 Å². The van der Waals surface area contributed by atoms with Gasteiger partial charge in [0.15, 0.2) is 6.61 Å². The Hall–Kier alpha value is -1.71. The minimum absolute atomic E-state index is 0.0679. The molecule has 1 atom stereocenters. The van der Waals surface area contributed by atoms with Crippen molar-refractivity contribution in [1.82, 2.24) is 4.90 Å². The minimum Gasteiger partial charge on any atom is -0.484 e. The fourth-order valence-electron chi connectivity index (χ4n) is 2.22. The number of hydrogen-bond acceptors (Lipinski definition) is 3. The molecule has 1 aromatic rings. The van der Waals surface area contributed by atoms with E-state index in [0.29, 0.717) is 17.4 Å². The van der Waals surface area contributed by atoms with Gasteiger partial charge in [0.1, 0.15) is 5.75 Å². The number of benzene rings is 1. The Balaban J connectivity index is 1.82. The molecule has 1 aromatic carbocycles. The molecular weight excluding hydrogens is 228 g/mol. The SMILES string of the molecule is C[C@@H]1CCCN(C(=O)COc2ccc(N)cc2)C1. The monoisotopic (exact) mass is 248 g/mol. The quantitative estimate of drug-likeness (QED) is 0.831. The number of carbonyl (C=O) groups excluding carboxylic acids is 1. The molecule has 0 aromatic heterocycles. The Morgan fingerprint density at radius 2 is 2.17 bits per heavy atom. The predicted molar refractivity (Wildman–Crippen MR) is 71.3 cm³/mol. The number of anilines is 1. The minimum atomic E-state index is 0.0679. The van der Waals surface area contributed by atoms with Crippen LogP contribution < -0.4 is 10.5 Å². The van der Waals surface area contributed by atoms with Crippen LogP contribution in [-0.4, -0.2) is 30.5 Å². The van der Waals surface area contributed by atoms with Crippen LogP contribution >= 0.6 is 0 Å². The second-order valence-electron chi connectivity index (χ2n) is 4.94. The van der Waals surface area contributed by atoms with Gasteiger partial charge in [0.2, 0.25) is 0 Å². The highest BCUT2D eigenvalue weighted by Gasteiger charge is 2.20. The average Bonchev–Trinajstić information content (AvgIpc) is 2.38. The lowest BCUT2D eigenvalue weighted by molar-refractivity contribution is -0.135. The molecule has 0 saturated carbocycles. The van der Waals surface area contributed by atoms with Gasteiger partial charge in [0.05, 0.1) is 0 Å². The molecule has 18 heavy (non-hydrogen) atoms.